The van der Waals surface area contributed by atoms with Crippen LogP contribution in [0.5, 0.6) is 0 Å². The van der Waals surface area contributed by atoms with Gasteiger partial charge in [-0.3, -0.25) is 20.2 Å². The van der Waals surface area contributed by atoms with Crippen LogP contribution in [-0.2, 0) is 9.36 Å². The average Bonchev–Trinajstić information content (AvgIpc) is 2.24. The molecular weight excluding hydrogens is 227 g/mol. The number of carbonyl (C=O) groups excluding carboxylic acids is 1. The Morgan fingerprint density at radius 2 is 2.00 bits per heavy atom. The lowest BCUT2D eigenvalue weighted by molar-refractivity contribution is -0.120. The van der Waals surface area contributed by atoms with Crippen LogP contribution in [0.25, 0.3) is 0 Å². The van der Waals surface area contributed by atoms with Gasteiger partial charge in [0, 0.05) is 19.2 Å². The van der Waals surface area contributed by atoms with E-state index >= 15 is 0 Å². The first-order valence-corrected chi connectivity index (χ1v) is 7.16. The summed E-state index contributed by atoms with van der Waals surface area (Å²) in [6, 6.07) is 9.14. The van der Waals surface area contributed by atoms with Crippen molar-refractivity contribution in [3.63, 3.8) is 0 Å². The molecule has 1 aromatic carbocycles. The fourth-order valence-electron chi connectivity index (χ4n) is 1.03. The van der Waals surface area contributed by atoms with Crippen LogP contribution >= 0.6 is 7.37 Å². The van der Waals surface area contributed by atoms with Gasteiger partial charge >= 0.3 is 0 Å². The van der Waals surface area contributed by atoms with E-state index in [-0.39, 0.29) is 18.5 Å². The third-order valence-corrected chi connectivity index (χ3v) is 2.93. The van der Waals surface area contributed by atoms with Crippen molar-refractivity contribution in [1.82, 2.24) is 5.43 Å². The Hall–Kier alpha value is -1.32. The van der Waals surface area contributed by atoms with Gasteiger partial charge in [-0.05, 0) is 12.1 Å². The molecule has 0 aromatic heterocycles. The molecule has 0 bridgehead atoms. The predicted octanol–water partition coefficient (Wildman–Crippen LogP) is 1.42. The van der Waals surface area contributed by atoms with Crippen LogP contribution in [-0.4, -0.2) is 23.6 Å². The summed E-state index contributed by atoms with van der Waals surface area (Å²) in [7, 11) is -3.10. The summed E-state index contributed by atoms with van der Waals surface area (Å²) in [6.45, 7) is 1.24. The third-order valence-electron chi connectivity index (χ3n) is 1.87. The summed E-state index contributed by atoms with van der Waals surface area (Å²) in [6.07, 6.45) is 0.0272. The summed E-state index contributed by atoms with van der Waals surface area (Å²) in [4.78, 5) is 20.3. The molecular formula is C10H15N2O3P. The number of carbonyl (C=O) groups is 1. The Labute approximate surface area is 94.3 Å². The van der Waals surface area contributed by atoms with Crippen LogP contribution in [0.3, 0.4) is 0 Å². The summed E-state index contributed by atoms with van der Waals surface area (Å²) in [5, 5.41) is 0. The van der Waals surface area contributed by atoms with Gasteiger partial charge in [-0.15, -0.1) is 0 Å². The molecule has 1 rings (SSSR count). The second kappa shape index (κ2) is 5.68. The van der Waals surface area contributed by atoms with Crippen LogP contribution in [0, 0.1) is 0 Å². The van der Waals surface area contributed by atoms with Gasteiger partial charge in [0.05, 0.1) is 5.69 Å². The molecule has 1 atom stereocenters. The first-order chi connectivity index (χ1) is 7.47. The molecule has 0 radical (unpaired) electrons. The predicted molar refractivity (Wildman–Crippen MR) is 63.4 cm³/mol. The summed E-state index contributed by atoms with van der Waals surface area (Å²) >= 11 is 0. The molecule has 0 aliphatic rings. The number of hydrogen-bond acceptors (Lipinski definition) is 3. The van der Waals surface area contributed by atoms with E-state index < -0.39 is 7.37 Å². The molecule has 0 fully saturated rings. The van der Waals surface area contributed by atoms with E-state index in [1.165, 1.54) is 6.66 Å². The van der Waals surface area contributed by atoms with Crippen molar-refractivity contribution < 1.29 is 14.3 Å². The van der Waals surface area contributed by atoms with E-state index in [9.17, 15) is 9.36 Å². The number of amides is 1. The van der Waals surface area contributed by atoms with Crippen molar-refractivity contribution in [2.24, 2.45) is 0 Å². The fraction of sp³-hybridized carbons (Fsp3) is 0.300. The van der Waals surface area contributed by atoms with Crippen LogP contribution in [0.15, 0.2) is 30.3 Å². The van der Waals surface area contributed by atoms with E-state index in [1.54, 1.807) is 12.1 Å². The quantitative estimate of drug-likeness (QED) is 0.539. The maximum atomic E-state index is 11.3. The van der Waals surface area contributed by atoms with Crippen LogP contribution in [0.2, 0.25) is 0 Å². The largest absolute Gasteiger partial charge is 0.344 e. The van der Waals surface area contributed by atoms with Crippen molar-refractivity contribution in [1.29, 1.82) is 0 Å². The van der Waals surface area contributed by atoms with Crippen molar-refractivity contribution in [2.45, 2.75) is 6.42 Å². The molecule has 16 heavy (non-hydrogen) atoms. The number of benzene rings is 1. The standard InChI is InChI=1S/C10H15N2O3P/c1-16(14,15)8-7-10(13)12-11-9-5-3-2-4-6-9/h2-6,11H,7-8H2,1H3,(H,12,13)(H,14,15). The van der Waals surface area contributed by atoms with Crippen LogP contribution in [0.4, 0.5) is 5.69 Å². The molecule has 1 aromatic rings. The SMILES string of the molecule is CP(=O)(O)CCC(=O)NNc1ccccc1. The lowest BCUT2D eigenvalue weighted by Gasteiger charge is -2.09. The first-order valence-electron chi connectivity index (χ1n) is 4.86. The number of rotatable bonds is 5. The van der Waals surface area contributed by atoms with E-state index in [0.29, 0.717) is 0 Å². The number of hydrogen-bond donors (Lipinski definition) is 3. The molecule has 0 spiro atoms. The number of hydrazine groups is 1. The zero-order valence-electron chi connectivity index (χ0n) is 9.01. The lowest BCUT2D eigenvalue weighted by atomic mass is 10.3. The smallest absolute Gasteiger partial charge is 0.238 e. The zero-order chi connectivity index (χ0) is 12.0. The van der Waals surface area contributed by atoms with Gasteiger partial charge in [-0.2, -0.15) is 0 Å². The Kier molecular flexibility index (Phi) is 4.52. The van der Waals surface area contributed by atoms with E-state index in [0.717, 1.165) is 5.69 Å². The third kappa shape index (κ3) is 5.53. The van der Waals surface area contributed by atoms with Gasteiger partial charge in [0.25, 0.3) is 0 Å². The minimum Gasteiger partial charge on any atom is -0.344 e. The molecule has 1 unspecified atom stereocenters. The highest BCUT2D eigenvalue weighted by atomic mass is 31.2. The number of anilines is 1. The molecule has 0 heterocycles. The minimum absolute atomic E-state index is 0.00466. The second-order valence-corrected chi connectivity index (χ2v) is 6.11. The highest BCUT2D eigenvalue weighted by Gasteiger charge is 2.12. The Morgan fingerprint density at radius 1 is 1.38 bits per heavy atom. The number of nitrogens with one attached hydrogen (secondary N) is 2. The molecule has 3 N–H and O–H groups in total. The fourth-order valence-corrected chi connectivity index (χ4v) is 1.65. The molecule has 0 aliphatic heterocycles. The van der Waals surface area contributed by atoms with Gasteiger partial charge in [0.2, 0.25) is 5.91 Å². The molecule has 0 saturated carbocycles. The van der Waals surface area contributed by atoms with Gasteiger partial charge in [-0.1, -0.05) is 18.2 Å². The molecule has 1 amide bonds. The molecule has 6 heteroatoms. The van der Waals surface area contributed by atoms with Gasteiger partial charge in [-0.25, -0.2) is 0 Å². The minimum atomic E-state index is -3.10. The molecule has 0 saturated heterocycles. The highest BCUT2D eigenvalue weighted by Crippen LogP contribution is 2.35. The lowest BCUT2D eigenvalue weighted by Crippen LogP contribution is -2.29. The normalized spacial score (nSPS) is 13.9. The molecule has 5 nitrogen and oxygen atoms in total. The van der Waals surface area contributed by atoms with E-state index in [4.69, 9.17) is 4.89 Å². The topological polar surface area (TPSA) is 78.4 Å². The van der Waals surface area contributed by atoms with Crippen LogP contribution < -0.4 is 10.9 Å². The zero-order valence-corrected chi connectivity index (χ0v) is 9.91. The summed E-state index contributed by atoms with van der Waals surface area (Å²) < 4.78 is 10.9. The van der Waals surface area contributed by atoms with E-state index in [1.807, 2.05) is 18.2 Å². The van der Waals surface area contributed by atoms with Gasteiger partial charge < -0.3 is 4.89 Å². The Morgan fingerprint density at radius 3 is 2.56 bits per heavy atom. The Balaban J connectivity index is 2.29. The summed E-state index contributed by atoms with van der Waals surface area (Å²) in [5.41, 5.74) is 5.92. The monoisotopic (exact) mass is 242 g/mol. The molecule has 88 valence electrons. The van der Waals surface area contributed by atoms with Crippen molar-refractivity contribution >= 4 is 19.0 Å². The van der Waals surface area contributed by atoms with E-state index in [2.05, 4.69) is 10.9 Å². The maximum absolute atomic E-state index is 11.3. The second-order valence-electron chi connectivity index (χ2n) is 3.56. The van der Waals surface area contributed by atoms with Gasteiger partial charge in [0.15, 0.2) is 7.37 Å². The molecule has 0 aliphatic carbocycles. The number of para-hydroxylation sites is 1. The van der Waals surface area contributed by atoms with Gasteiger partial charge in [0.1, 0.15) is 0 Å². The van der Waals surface area contributed by atoms with Crippen molar-refractivity contribution in [2.75, 3.05) is 18.3 Å². The Bertz CT molecular complexity index is 388. The highest BCUT2D eigenvalue weighted by molar-refractivity contribution is 7.57. The maximum Gasteiger partial charge on any atom is 0.238 e. The summed E-state index contributed by atoms with van der Waals surface area (Å²) in [5.74, 6) is -0.306. The van der Waals surface area contributed by atoms with Crippen molar-refractivity contribution in [3.8, 4) is 0 Å². The first kappa shape index (κ1) is 12.7. The average molecular weight is 242 g/mol. The van der Waals surface area contributed by atoms with Crippen molar-refractivity contribution in [3.05, 3.63) is 30.3 Å². The van der Waals surface area contributed by atoms with Crippen LogP contribution in [0.1, 0.15) is 6.42 Å².